The minimum absolute atomic E-state index is 0.164. The van der Waals surface area contributed by atoms with Gasteiger partial charge in [-0.1, -0.05) is 17.7 Å². The number of aromatic nitrogens is 1. The van der Waals surface area contributed by atoms with Gasteiger partial charge in [-0.2, -0.15) is 0 Å². The Labute approximate surface area is 117 Å². The van der Waals surface area contributed by atoms with E-state index in [9.17, 15) is 9.90 Å². The van der Waals surface area contributed by atoms with Gasteiger partial charge in [-0.15, -0.1) is 0 Å². The predicted molar refractivity (Wildman–Crippen MR) is 77.0 cm³/mol. The van der Waals surface area contributed by atoms with Crippen LogP contribution in [-0.4, -0.2) is 9.67 Å². The predicted octanol–water partition coefficient (Wildman–Crippen LogP) is 3.03. The van der Waals surface area contributed by atoms with Crippen LogP contribution in [0.15, 0.2) is 41.3 Å². The highest BCUT2D eigenvalue weighted by molar-refractivity contribution is 6.30. The second-order valence-corrected chi connectivity index (χ2v) is 5.54. The van der Waals surface area contributed by atoms with Crippen molar-refractivity contribution in [2.24, 2.45) is 0 Å². The summed E-state index contributed by atoms with van der Waals surface area (Å²) in [5, 5.41) is 10.7. The molecule has 0 aliphatic carbocycles. The second-order valence-electron chi connectivity index (χ2n) is 5.10. The Bertz CT molecular complexity index is 669. The Kier molecular flexibility index (Phi) is 3.52. The summed E-state index contributed by atoms with van der Waals surface area (Å²) in [7, 11) is 0. The highest BCUT2D eigenvalue weighted by Gasteiger charge is 2.21. The molecule has 0 saturated heterocycles. The summed E-state index contributed by atoms with van der Waals surface area (Å²) in [5.41, 5.74) is 0.669. The summed E-state index contributed by atoms with van der Waals surface area (Å²) >= 11 is 5.98. The van der Waals surface area contributed by atoms with Crippen molar-refractivity contribution >= 4 is 11.6 Å². The van der Waals surface area contributed by atoms with E-state index in [1.165, 1.54) is 6.07 Å². The Hall–Kier alpha value is -1.58. The molecule has 1 aromatic heterocycles. The fourth-order valence-electron chi connectivity index (χ4n) is 2.00. The van der Waals surface area contributed by atoms with Crippen LogP contribution in [-0.2, 0) is 5.60 Å². The molecule has 0 unspecified atom stereocenters. The van der Waals surface area contributed by atoms with Gasteiger partial charge in [-0.05, 0) is 39.0 Å². The van der Waals surface area contributed by atoms with Crippen molar-refractivity contribution in [3.8, 4) is 5.69 Å². The summed E-state index contributed by atoms with van der Waals surface area (Å²) in [4.78, 5) is 11.9. The summed E-state index contributed by atoms with van der Waals surface area (Å²) in [6.45, 7) is 5.04. The lowest BCUT2D eigenvalue weighted by molar-refractivity contribution is 0.0769. The van der Waals surface area contributed by atoms with Crippen LogP contribution in [0.2, 0.25) is 5.02 Å². The molecular weight excluding hydrogens is 262 g/mol. The molecule has 2 aromatic rings. The molecule has 3 nitrogen and oxygen atoms in total. The lowest BCUT2D eigenvalue weighted by atomic mass is 9.99. The van der Waals surface area contributed by atoms with Gasteiger partial charge in [-0.25, -0.2) is 0 Å². The first kappa shape index (κ1) is 13.8. The molecule has 1 heterocycles. The molecule has 2 rings (SSSR count). The standard InChI is InChI=1S/C15H16ClNO2/c1-10-7-14(18)13(15(2,3)19)9-17(10)12-6-4-5-11(16)8-12/h4-9,19H,1-3H3. The zero-order valence-corrected chi connectivity index (χ0v) is 11.9. The van der Waals surface area contributed by atoms with Crippen molar-refractivity contribution in [3.05, 3.63) is 63.0 Å². The largest absolute Gasteiger partial charge is 0.386 e. The van der Waals surface area contributed by atoms with E-state index in [4.69, 9.17) is 11.6 Å². The topological polar surface area (TPSA) is 42.2 Å². The smallest absolute Gasteiger partial charge is 0.187 e. The summed E-state index contributed by atoms with van der Waals surface area (Å²) in [5.74, 6) is 0. The first-order valence-corrected chi connectivity index (χ1v) is 6.39. The quantitative estimate of drug-likeness (QED) is 0.917. The van der Waals surface area contributed by atoms with Crippen LogP contribution in [0.5, 0.6) is 0 Å². The third kappa shape index (κ3) is 2.88. The molecule has 0 aliphatic heterocycles. The second kappa shape index (κ2) is 4.83. The molecule has 0 amide bonds. The molecule has 0 bridgehead atoms. The number of aliphatic hydroxyl groups is 1. The number of benzene rings is 1. The maximum absolute atomic E-state index is 11.9. The summed E-state index contributed by atoms with van der Waals surface area (Å²) < 4.78 is 1.85. The van der Waals surface area contributed by atoms with Gasteiger partial charge in [0.1, 0.15) is 0 Å². The van der Waals surface area contributed by atoms with Crippen molar-refractivity contribution in [2.75, 3.05) is 0 Å². The Morgan fingerprint density at radius 2 is 1.95 bits per heavy atom. The monoisotopic (exact) mass is 277 g/mol. The molecule has 0 saturated carbocycles. The molecule has 0 atom stereocenters. The SMILES string of the molecule is Cc1cc(=O)c(C(C)(C)O)cn1-c1cccc(Cl)c1. The highest BCUT2D eigenvalue weighted by atomic mass is 35.5. The van der Waals surface area contributed by atoms with Crippen LogP contribution in [0, 0.1) is 6.92 Å². The fourth-order valence-corrected chi connectivity index (χ4v) is 2.18. The normalized spacial score (nSPS) is 11.6. The fraction of sp³-hybridized carbons (Fsp3) is 0.267. The van der Waals surface area contributed by atoms with Crippen LogP contribution in [0.3, 0.4) is 0 Å². The zero-order chi connectivity index (χ0) is 14.2. The minimum atomic E-state index is -1.18. The van der Waals surface area contributed by atoms with E-state index in [0.29, 0.717) is 10.6 Å². The van der Waals surface area contributed by atoms with E-state index >= 15 is 0 Å². The van der Waals surface area contributed by atoms with Crippen LogP contribution in [0.1, 0.15) is 25.1 Å². The number of rotatable bonds is 2. The van der Waals surface area contributed by atoms with E-state index in [1.807, 2.05) is 29.7 Å². The maximum atomic E-state index is 11.9. The molecule has 1 N–H and O–H groups in total. The zero-order valence-electron chi connectivity index (χ0n) is 11.1. The number of halogens is 1. The summed E-state index contributed by atoms with van der Waals surface area (Å²) in [6.07, 6.45) is 1.67. The van der Waals surface area contributed by atoms with Gasteiger partial charge in [0.2, 0.25) is 0 Å². The molecule has 1 aromatic carbocycles. The van der Waals surface area contributed by atoms with E-state index < -0.39 is 5.60 Å². The van der Waals surface area contributed by atoms with Crippen molar-refractivity contribution in [1.82, 2.24) is 4.57 Å². The van der Waals surface area contributed by atoms with Crippen molar-refractivity contribution in [1.29, 1.82) is 0 Å². The van der Waals surface area contributed by atoms with Gasteiger partial charge in [0.25, 0.3) is 0 Å². The van der Waals surface area contributed by atoms with E-state index in [1.54, 1.807) is 26.1 Å². The maximum Gasteiger partial charge on any atom is 0.187 e. The first-order valence-electron chi connectivity index (χ1n) is 6.01. The van der Waals surface area contributed by atoms with Gasteiger partial charge >= 0.3 is 0 Å². The Morgan fingerprint density at radius 1 is 1.26 bits per heavy atom. The Morgan fingerprint density at radius 3 is 2.53 bits per heavy atom. The lowest BCUT2D eigenvalue weighted by Gasteiger charge is -2.20. The molecule has 0 radical (unpaired) electrons. The Balaban J connectivity index is 2.68. The van der Waals surface area contributed by atoms with Crippen LogP contribution in [0.25, 0.3) is 5.69 Å². The first-order chi connectivity index (χ1) is 8.79. The average molecular weight is 278 g/mol. The van der Waals surface area contributed by atoms with Crippen molar-refractivity contribution < 1.29 is 5.11 Å². The number of nitrogens with zero attached hydrogens (tertiary/aromatic N) is 1. The number of hydrogen-bond acceptors (Lipinski definition) is 2. The molecule has 0 aliphatic rings. The van der Waals surface area contributed by atoms with Gasteiger partial charge in [-0.3, -0.25) is 4.79 Å². The minimum Gasteiger partial charge on any atom is -0.386 e. The number of pyridine rings is 1. The lowest BCUT2D eigenvalue weighted by Crippen LogP contribution is -2.27. The molecule has 19 heavy (non-hydrogen) atoms. The number of hydrogen-bond donors (Lipinski definition) is 1. The highest BCUT2D eigenvalue weighted by Crippen LogP contribution is 2.20. The van der Waals surface area contributed by atoms with E-state index in [0.717, 1.165) is 11.4 Å². The van der Waals surface area contributed by atoms with Crippen LogP contribution < -0.4 is 5.43 Å². The molecular formula is C15H16ClNO2. The summed E-state index contributed by atoms with van der Waals surface area (Å²) in [6, 6.07) is 8.87. The molecule has 0 spiro atoms. The third-order valence-corrected chi connectivity index (χ3v) is 3.22. The van der Waals surface area contributed by atoms with Crippen molar-refractivity contribution in [3.63, 3.8) is 0 Å². The molecule has 0 fully saturated rings. The van der Waals surface area contributed by atoms with E-state index in [-0.39, 0.29) is 5.43 Å². The average Bonchev–Trinajstić information content (AvgIpc) is 2.27. The van der Waals surface area contributed by atoms with Gasteiger partial charge in [0.05, 0.1) is 5.60 Å². The van der Waals surface area contributed by atoms with Crippen molar-refractivity contribution in [2.45, 2.75) is 26.4 Å². The number of aryl methyl sites for hydroxylation is 1. The van der Waals surface area contributed by atoms with Gasteiger partial charge in [0.15, 0.2) is 5.43 Å². The van der Waals surface area contributed by atoms with E-state index in [2.05, 4.69) is 0 Å². The van der Waals surface area contributed by atoms with Crippen LogP contribution in [0.4, 0.5) is 0 Å². The molecule has 100 valence electrons. The van der Waals surface area contributed by atoms with Gasteiger partial charge in [0, 0.05) is 34.2 Å². The molecule has 4 heteroatoms. The third-order valence-electron chi connectivity index (χ3n) is 2.99. The van der Waals surface area contributed by atoms with Crippen LogP contribution >= 0.6 is 11.6 Å². The van der Waals surface area contributed by atoms with Gasteiger partial charge < -0.3 is 9.67 Å².